The molecule has 18 heteroatoms. The summed E-state index contributed by atoms with van der Waals surface area (Å²) in [6, 6.07) is 33.9. The summed E-state index contributed by atoms with van der Waals surface area (Å²) in [7, 11) is 0. The molecule has 18 nitrogen and oxygen atoms in total. The van der Waals surface area contributed by atoms with Crippen LogP contribution in [0, 0.1) is 5.41 Å². The average Bonchev–Trinajstić information content (AvgIpc) is 3.71. The number of nitrogens with one attached hydrogen (secondary N) is 9. The number of nitrogens with zero attached hydrogens (tertiary/aromatic N) is 2. The summed E-state index contributed by atoms with van der Waals surface area (Å²) < 4.78 is 0. The fraction of sp³-hybridized carbons (Fsp3) is 0.322. The van der Waals surface area contributed by atoms with Crippen LogP contribution in [0.25, 0.3) is 24.3 Å². The SMILES string of the molecule is N=C(N)NCCC[C@H](N)C(=O)NCCCNCCCCNCCCNC(=O)CCCCCNC(=O)c1cc(NC(=O)N2c3ccccc3C=Cc3ccccc32)cc(NC(=O)N2c3ccccc3C=Cc3ccccc32)c1. The second-order valence-corrected chi connectivity index (χ2v) is 18.9. The van der Waals surface area contributed by atoms with Crippen molar-refractivity contribution in [2.45, 2.75) is 70.3 Å². The minimum absolute atomic E-state index is 0.00138. The molecule has 7 amide bonds. The number of rotatable bonds is 27. The Morgan fingerprint density at radius 2 is 0.883 bits per heavy atom. The van der Waals surface area contributed by atoms with Gasteiger partial charge in [0.05, 0.1) is 28.8 Å². The van der Waals surface area contributed by atoms with Crippen LogP contribution in [0.15, 0.2) is 115 Å². The molecule has 5 aromatic rings. The number of carbonyl (C=O) groups excluding carboxylic acids is 5. The van der Waals surface area contributed by atoms with Gasteiger partial charge in [-0.15, -0.1) is 0 Å². The van der Waals surface area contributed by atoms with Crippen LogP contribution in [0.5, 0.6) is 0 Å². The molecule has 0 aromatic heterocycles. The largest absolute Gasteiger partial charge is 0.370 e. The highest BCUT2D eigenvalue weighted by atomic mass is 16.2. The third-order valence-electron chi connectivity index (χ3n) is 13.0. The number of guanidine groups is 1. The number of carbonyl (C=O) groups is 5. The Morgan fingerprint density at radius 1 is 0.468 bits per heavy atom. The molecule has 7 rings (SSSR count). The van der Waals surface area contributed by atoms with Gasteiger partial charge in [-0.05, 0) is 142 Å². The van der Waals surface area contributed by atoms with Crippen molar-refractivity contribution >= 4 is 94.2 Å². The number of amides is 7. The number of benzene rings is 5. The molecule has 2 aliphatic rings. The number of hydrogen-bond acceptors (Lipinski definition) is 9. The van der Waals surface area contributed by atoms with Crippen LogP contribution in [0.1, 0.15) is 96.8 Å². The van der Waals surface area contributed by atoms with Gasteiger partial charge in [0.25, 0.3) is 5.91 Å². The fourth-order valence-electron chi connectivity index (χ4n) is 9.05. The summed E-state index contributed by atoms with van der Waals surface area (Å²) in [4.78, 5) is 70.9. The topological polar surface area (TPSA) is 264 Å². The Morgan fingerprint density at radius 3 is 1.36 bits per heavy atom. The molecule has 0 fully saturated rings. The zero-order valence-electron chi connectivity index (χ0n) is 43.7. The van der Waals surface area contributed by atoms with E-state index in [1.54, 1.807) is 28.0 Å². The highest BCUT2D eigenvalue weighted by Crippen LogP contribution is 2.39. The number of para-hydroxylation sites is 4. The van der Waals surface area contributed by atoms with E-state index in [2.05, 4.69) is 42.5 Å². The predicted octanol–water partition coefficient (Wildman–Crippen LogP) is 8.25. The summed E-state index contributed by atoms with van der Waals surface area (Å²) >= 11 is 0. The Bertz CT molecular complexity index is 2650. The maximum absolute atomic E-state index is 14.5. The monoisotopic (exact) mass is 1040 g/mol. The Balaban J connectivity index is 0.839. The van der Waals surface area contributed by atoms with Gasteiger partial charge in [0.1, 0.15) is 0 Å². The van der Waals surface area contributed by atoms with Crippen molar-refractivity contribution in [2.75, 3.05) is 72.8 Å². The lowest BCUT2D eigenvalue weighted by Gasteiger charge is -2.26. The van der Waals surface area contributed by atoms with E-state index in [-0.39, 0.29) is 29.2 Å². The van der Waals surface area contributed by atoms with E-state index in [4.69, 9.17) is 16.9 Å². The summed E-state index contributed by atoms with van der Waals surface area (Å²) in [5, 5.41) is 31.6. The molecular formula is C59H73N13O5. The molecular weight excluding hydrogens is 971 g/mol. The lowest BCUT2D eigenvalue weighted by Crippen LogP contribution is -2.42. The molecule has 0 radical (unpaired) electrons. The first-order chi connectivity index (χ1) is 37.5. The lowest BCUT2D eigenvalue weighted by molar-refractivity contribution is -0.122. The van der Waals surface area contributed by atoms with Crippen LogP contribution in [-0.4, -0.2) is 94.1 Å². The van der Waals surface area contributed by atoms with Crippen LogP contribution < -0.4 is 63.8 Å². The van der Waals surface area contributed by atoms with Crippen molar-refractivity contribution < 1.29 is 24.0 Å². The van der Waals surface area contributed by atoms with Gasteiger partial charge in [0.2, 0.25) is 11.8 Å². The third-order valence-corrected chi connectivity index (χ3v) is 13.0. The molecule has 0 spiro atoms. The van der Waals surface area contributed by atoms with Crippen molar-refractivity contribution in [3.05, 3.63) is 143 Å². The molecule has 0 saturated carbocycles. The molecule has 77 heavy (non-hydrogen) atoms. The maximum atomic E-state index is 14.5. The standard InChI is InChI=1S/C59H73N13O5/c60-49(21-14-36-68-57(61)62)56(75)67-38-16-34-64-32-13-12-31-63-33-15-37-65-54(73)26-2-1-11-35-66-55(74)46-39-47(69-58(76)71-50-22-7-3-17-42(50)27-28-43-18-4-8-23-51(43)71)41-48(40-46)70-59(77)72-52-24-9-5-19-44(52)29-30-45-20-6-10-25-53(45)72/h3-10,17-20,22-25,27-30,39-41,49,63-64H,1-2,11-16,21,26,31-38,60H2,(H,65,73)(H,66,74)(H,67,75)(H,69,76)(H,70,77)(H4,61,62,68)/t49-/m0/s1. The van der Waals surface area contributed by atoms with Gasteiger partial charge in [-0.1, -0.05) is 104 Å². The summed E-state index contributed by atoms with van der Waals surface area (Å²) in [5.41, 5.74) is 18.2. The van der Waals surface area contributed by atoms with Crippen molar-refractivity contribution in [3.8, 4) is 0 Å². The molecule has 404 valence electrons. The number of nitrogens with two attached hydrogens (primary N) is 2. The second kappa shape index (κ2) is 29.7. The Labute approximate surface area is 451 Å². The Hall–Kier alpha value is -8.32. The first-order valence-corrected chi connectivity index (χ1v) is 26.7. The van der Waals surface area contributed by atoms with E-state index in [1.165, 1.54) is 0 Å². The number of hydrogen-bond donors (Lipinski definition) is 11. The number of unbranched alkanes of at least 4 members (excludes halogenated alkanes) is 3. The summed E-state index contributed by atoms with van der Waals surface area (Å²) in [6.45, 7) is 5.44. The van der Waals surface area contributed by atoms with Gasteiger partial charge in [-0.25, -0.2) is 9.59 Å². The predicted molar refractivity (Wildman–Crippen MR) is 311 cm³/mol. The third kappa shape index (κ3) is 17.1. The zero-order chi connectivity index (χ0) is 54.2. The van der Waals surface area contributed by atoms with Gasteiger partial charge in [0.15, 0.2) is 5.96 Å². The normalized spacial score (nSPS) is 12.4. The number of fused-ring (bicyclic) bond motifs is 4. The molecule has 0 aliphatic carbocycles. The first kappa shape index (κ1) is 56.4. The quantitative estimate of drug-likeness (QED) is 0.0136. The van der Waals surface area contributed by atoms with E-state index in [0.29, 0.717) is 92.4 Å². The summed E-state index contributed by atoms with van der Waals surface area (Å²) in [6.07, 6.45) is 15.2. The molecule has 2 heterocycles. The highest BCUT2D eigenvalue weighted by Gasteiger charge is 2.27. The van der Waals surface area contributed by atoms with Crippen molar-refractivity contribution in [1.82, 2.24) is 31.9 Å². The van der Waals surface area contributed by atoms with Crippen molar-refractivity contribution in [2.24, 2.45) is 11.5 Å². The van der Waals surface area contributed by atoms with E-state index >= 15 is 0 Å². The smallest absolute Gasteiger partial charge is 0.330 e. The number of urea groups is 2. The molecule has 0 unspecified atom stereocenters. The molecule has 2 aliphatic heterocycles. The van der Waals surface area contributed by atoms with Gasteiger partial charge in [0, 0.05) is 49.5 Å². The highest BCUT2D eigenvalue weighted by molar-refractivity contribution is 6.13. The maximum Gasteiger partial charge on any atom is 0.330 e. The van der Waals surface area contributed by atoms with Crippen LogP contribution in [0.3, 0.4) is 0 Å². The molecule has 13 N–H and O–H groups in total. The lowest BCUT2D eigenvalue weighted by atomic mass is 10.1. The van der Waals surface area contributed by atoms with Gasteiger partial charge in [-0.3, -0.25) is 29.6 Å². The van der Waals surface area contributed by atoms with Gasteiger partial charge >= 0.3 is 12.1 Å². The van der Waals surface area contributed by atoms with Crippen LogP contribution >= 0.6 is 0 Å². The van der Waals surface area contributed by atoms with Crippen molar-refractivity contribution in [3.63, 3.8) is 0 Å². The Kier molecular flexibility index (Phi) is 21.7. The second-order valence-electron chi connectivity index (χ2n) is 18.9. The van der Waals surface area contributed by atoms with Crippen LogP contribution in [0.2, 0.25) is 0 Å². The summed E-state index contributed by atoms with van der Waals surface area (Å²) in [5.74, 6) is -0.633. The molecule has 0 saturated heterocycles. The van der Waals surface area contributed by atoms with Crippen LogP contribution in [0.4, 0.5) is 43.7 Å². The van der Waals surface area contributed by atoms with Gasteiger partial charge in [-0.2, -0.15) is 0 Å². The first-order valence-electron chi connectivity index (χ1n) is 26.7. The van der Waals surface area contributed by atoms with E-state index in [9.17, 15) is 24.0 Å². The van der Waals surface area contributed by atoms with Crippen LogP contribution in [-0.2, 0) is 9.59 Å². The molecule has 1 atom stereocenters. The van der Waals surface area contributed by atoms with E-state index in [1.807, 2.05) is 121 Å². The van der Waals surface area contributed by atoms with Gasteiger partial charge < -0.3 is 54.0 Å². The zero-order valence-corrected chi connectivity index (χ0v) is 43.7. The number of anilines is 6. The van der Waals surface area contributed by atoms with E-state index < -0.39 is 18.1 Å². The molecule has 5 aromatic carbocycles. The fourth-order valence-corrected chi connectivity index (χ4v) is 9.05. The minimum atomic E-state index is -0.570. The average molecular weight is 1040 g/mol. The van der Waals surface area contributed by atoms with Crippen molar-refractivity contribution in [1.29, 1.82) is 5.41 Å². The minimum Gasteiger partial charge on any atom is -0.370 e. The van der Waals surface area contributed by atoms with E-state index in [0.717, 1.165) is 80.5 Å². The molecule has 0 bridgehead atoms.